The number of benzene rings is 1. The molecule has 6 nitrogen and oxygen atoms in total. The zero-order chi connectivity index (χ0) is 15.5. The van der Waals surface area contributed by atoms with Gasteiger partial charge >= 0.3 is 5.97 Å². The molecular formula is C15H17N3O3S. The highest BCUT2D eigenvalue weighted by Gasteiger charge is 2.26. The molecule has 0 bridgehead atoms. The summed E-state index contributed by atoms with van der Waals surface area (Å²) in [7, 11) is 1.64. The van der Waals surface area contributed by atoms with Crippen LogP contribution in [0.4, 0.5) is 5.13 Å². The first-order chi connectivity index (χ1) is 10.7. The molecule has 22 heavy (non-hydrogen) atoms. The lowest BCUT2D eigenvalue weighted by Gasteiger charge is -2.29. The van der Waals surface area contributed by atoms with Crippen LogP contribution in [0.3, 0.4) is 0 Å². The molecule has 1 N–H and O–H groups in total. The average molecular weight is 319 g/mol. The SMILES string of the molecule is COc1ccc(-c2nnc(N3CCC(C(=O)O)CC3)s2)cc1. The van der Waals surface area contributed by atoms with Crippen molar-refractivity contribution in [1.29, 1.82) is 0 Å². The molecular weight excluding hydrogens is 302 g/mol. The Morgan fingerprint density at radius 3 is 2.55 bits per heavy atom. The molecule has 2 aromatic rings. The van der Waals surface area contributed by atoms with Gasteiger partial charge in [0.25, 0.3) is 0 Å². The number of methoxy groups -OCH3 is 1. The first-order valence-corrected chi connectivity index (χ1v) is 7.94. The van der Waals surface area contributed by atoms with Gasteiger partial charge in [0.15, 0.2) is 0 Å². The van der Waals surface area contributed by atoms with Crippen molar-refractivity contribution in [2.75, 3.05) is 25.1 Å². The second kappa shape index (κ2) is 6.31. The van der Waals surface area contributed by atoms with E-state index in [4.69, 9.17) is 9.84 Å². The van der Waals surface area contributed by atoms with Gasteiger partial charge in [-0.3, -0.25) is 4.79 Å². The van der Waals surface area contributed by atoms with E-state index in [0.717, 1.165) is 21.5 Å². The van der Waals surface area contributed by atoms with Gasteiger partial charge in [0.05, 0.1) is 13.0 Å². The summed E-state index contributed by atoms with van der Waals surface area (Å²) in [6.07, 6.45) is 1.32. The Balaban J connectivity index is 1.70. The van der Waals surface area contributed by atoms with Gasteiger partial charge in [-0.2, -0.15) is 0 Å². The molecule has 1 aliphatic rings. The van der Waals surface area contributed by atoms with E-state index in [1.807, 2.05) is 24.3 Å². The summed E-state index contributed by atoms with van der Waals surface area (Å²) in [6.45, 7) is 1.43. The minimum Gasteiger partial charge on any atom is -0.497 e. The van der Waals surface area contributed by atoms with Crippen LogP contribution in [0.5, 0.6) is 5.75 Å². The summed E-state index contributed by atoms with van der Waals surface area (Å²) in [6, 6.07) is 7.71. The van der Waals surface area contributed by atoms with Crippen LogP contribution in [0, 0.1) is 5.92 Å². The first kappa shape index (κ1) is 14.8. The van der Waals surface area contributed by atoms with Gasteiger partial charge in [-0.1, -0.05) is 11.3 Å². The molecule has 0 unspecified atom stereocenters. The first-order valence-electron chi connectivity index (χ1n) is 7.13. The van der Waals surface area contributed by atoms with Gasteiger partial charge < -0.3 is 14.7 Å². The third kappa shape index (κ3) is 3.04. The molecule has 0 saturated carbocycles. The molecule has 0 atom stereocenters. The molecule has 1 aliphatic heterocycles. The molecule has 1 saturated heterocycles. The maximum absolute atomic E-state index is 11.0. The van der Waals surface area contributed by atoms with Crippen LogP contribution in [-0.2, 0) is 4.79 Å². The minimum atomic E-state index is -0.698. The number of rotatable bonds is 4. The molecule has 7 heteroatoms. The Bertz CT molecular complexity index is 648. The molecule has 0 radical (unpaired) electrons. The number of anilines is 1. The summed E-state index contributed by atoms with van der Waals surface area (Å²) >= 11 is 1.53. The summed E-state index contributed by atoms with van der Waals surface area (Å²) in [5.41, 5.74) is 1.00. The van der Waals surface area contributed by atoms with Crippen molar-refractivity contribution in [3.8, 4) is 16.3 Å². The lowest BCUT2D eigenvalue weighted by atomic mass is 9.98. The van der Waals surface area contributed by atoms with Crippen LogP contribution in [0.25, 0.3) is 10.6 Å². The van der Waals surface area contributed by atoms with Gasteiger partial charge in [-0.15, -0.1) is 10.2 Å². The smallest absolute Gasteiger partial charge is 0.306 e. The van der Waals surface area contributed by atoms with E-state index in [9.17, 15) is 4.79 Å². The van der Waals surface area contributed by atoms with E-state index in [2.05, 4.69) is 15.1 Å². The monoisotopic (exact) mass is 319 g/mol. The van der Waals surface area contributed by atoms with E-state index < -0.39 is 5.97 Å². The van der Waals surface area contributed by atoms with Gasteiger partial charge in [-0.25, -0.2) is 0 Å². The van der Waals surface area contributed by atoms with Crippen LogP contribution >= 0.6 is 11.3 Å². The van der Waals surface area contributed by atoms with Crippen molar-refractivity contribution in [2.24, 2.45) is 5.92 Å². The number of hydrogen-bond donors (Lipinski definition) is 1. The maximum Gasteiger partial charge on any atom is 0.306 e. The van der Waals surface area contributed by atoms with Crippen molar-refractivity contribution in [2.45, 2.75) is 12.8 Å². The number of aromatic nitrogens is 2. The summed E-state index contributed by atoms with van der Waals surface area (Å²) in [5.74, 6) is -0.120. The Hall–Kier alpha value is -2.15. The van der Waals surface area contributed by atoms with Crippen LogP contribution in [-0.4, -0.2) is 41.5 Å². The van der Waals surface area contributed by atoms with Crippen LogP contribution in [0.1, 0.15) is 12.8 Å². The quantitative estimate of drug-likeness (QED) is 0.933. The average Bonchev–Trinajstić information content (AvgIpc) is 3.05. The fourth-order valence-corrected chi connectivity index (χ4v) is 3.41. The predicted molar refractivity (Wildman–Crippen MR) is 84.5 cm³/mol. The van der Waals surface area contributed by atoms with Crippen molar-refractivity contribution >= 4 is 22.4 Å². The lowest BCUT2D eigenvalue weighted by molar-refractivity contribution is -0.142. The van der Waals surface area contributed by atoms with Gasteiger partial charge in [0, 0.05) is 18.7 Å². The van der Waals surface area contributed by atoms with Crippen molar-refractivity contribution < 1.29 is 14.6 Å². The van der Waals surface area contributed by atoms with E-state index in [1.54, 1.807) is 7.11 Å². The summed E-state index contributed by atoms with van der Waals surface area (Å²) in [5, 5.41) is 19.2. The van der Waals surface area contributed by atoms with E-state index in [1.165, 1.54) is 11.3 Å². The fourth-order valence-electron chi connectivity index (χ4n) is 2.51. The number of piperidine rings is 1. The van der Waals surface area contributed by atoms with Crippen molar-refractivity contribution in [3.63, 3.8) is 0 Å². The highest BCUT2D eigenvalue weighted by molar-refractivity contribution is 7.18. The van der Waals surface area contributed by atoms with E-state index >= 15 is 0 Å². The standard InChI is InChI=1S/C15H17N3O3S/c1-21-12-4-2-10(3-5-12)13-16-17-15(22-13)18-8-6-11(7-9-18)14(19)20/h2-5,11H,6-9H2,1H3,(H,19,20). The molecule has 116 valence electrons. The number of carboxylic acid groups (broad SMARTS) is 1. The fraction of sp³-hybridized carbons (Fsp3) is 0.400. The Kier molecular flexibility index (Phi) is 4.24. The Morgan fingerprint density at radius 2 is 1.95 bits per heavy atom. The molecule has 3 rings (SSSR count). The molecule has 1 aromatic heterocycles. The van der Waals surface area contributed by atoms with Crippen LogP contribution in [0.15, 0.2) is 24.3 Å². The van der Waals surface area contributed by atoms with Crippen LogP contribution in [0.2, 0.25) is 0 Å². The summed E-state index contributed by atoms with van der Waals surface area (Å²) in [4.78, 5) is 13.1. The Morgan fingerprint density at radius 1 is 1.27 bits per heavy atom. The number of aliphatic carboxylic acids is 1. The summed E-state index contributed by atoms with van der Waals surface area (Å²) < 4.78 is 5.15. The minimum absolute atomic E-state index is 0.231. The van der Waals surface area contributed by atoms with Crippen molar-refractivity contribution in [1.82, 2.24) is 10.2 Å². The second-order valence-electron chi connectivity index (χ2n) is 5.22. The predicted octanol–water partition coefficient (Wildman–Crippen LogP) is 2.51. The van der Waals surface area contributed by atoms with E-state index in [-0.39, 0.29) is 5.92 Å². The second-order valence-corrected chi connectivity index (χ2v) is 6.17. The van der Waals surface area contributed by atoms with Gasteiger partial charge in [0.1, 0.15) is 10.8 Å². The van der Waals surface area contributed by atoms with Gasteiger partial charge in [-0.05, 0) is 37.1 Å². The third-order valence-corrected chi connectivity index (χ3v) is 4.90. The number of nitrogens with zero attached hydrogens (tertiary/aromatic N) is 3. The topological polar surface area (TPSA) is 75.6 Å². The lowest BCUT2D eigenvalue weighted by Crippen LogP contribution is -2.36. The van der Waals surface area contributed by atoms with Crippen molar-refractivity contribution in [3.05, 3.63) is 24.3 Å². The molecule has 0 spiro atoms. The maximum atomic E-state index is 11.0. The number of ether oxygens (including phenoxy) is 1. The highest BCUT2D eigenvalue weighted by atomic mass is 32.1. The zero-order valence-corrected chi connectivity index (χ0v) is 13.0. The molecule has 1 fully saturated rings. The molecule has 1 aromatic carbocycles. The van der Waals surface area contributed by atoms with E-state index in [0.29, 0.717) is 25.9 Å². The van der Waals surface area contributed by atoms with Crippen LogP contribution < -0.4 is 9.64 Å². The zero-order valence-electron chi connectivity index (χ0n) is 12.2. The molecule has 0 amide bonds. The number of carboxylic acids is 1. The Labute approximate surface area is 132 Å². The normalized spacial score (nSPS) is 15.8. The number of carbonyl (C=O) groups is 1. The molecule has 0 aliphatic carbocycles. The largest absolute Gasteiger partial charge is 0.497 e. The highest BCUT2D eigenvalue weighted by Crippen LogP contribution is 2.31. The third-order valence-electron chi connectivity index (χ3n) is 3.87. The number of hydrogen-bond acceptors (Lipinski definition) is 6. The molecule has 2 heterocycles. The van der Waals surface area contributed by atoms with Gasteiger partial charge in [0.2, 0.25) is 5.13 Å².